The van der Waals surface area contributed by atoms with Crippen molar-refractivity contribution in [1.82, 2.24) is 5.32 Å². The molecule has 2 atom stereocenters. The van der Waals surface area contributed by atoms with Crippen LogP contribution >= 0.6 is 0 Å². The highest BCUT2D eigenvalue weighted by Gasteiger charge is 2.29. The zero-order valence-corrected chi connectivity index (χ0v) is 8.03. The zero-order valence-electron chi connectivity index (χ0n) is 8.03. The summed E-state index contributed by atoms with van der Waals surface area (Å²) in [6.45, 7) is 4.33. The van der Waals surface area contributed by atoms with Crippen molar-refractivity contribution in [2.75, 3.05) is 6.54 Å². The molecule has 1 amide bonds. The predicted molar refractivity (Wildman–Crippen MR) is 51.7 cm³/mol. The van der Waals surface area contributed by atoms with Crippen LogP contribution in [0.25, 0.3) is 0 Å². The Balaban J connectivity index is 2.55. The third kappa shape index (κ3) is 2.58. The van der Waals surface area contributed by atoms with Gasteiger partial charge in [0, 0.05) is 18.9 Å². The van der Waals surface area contributed by atoms with E-state index in [2.05, 4.69) is 11.9 Å². The fourth-order valence-corrected chi connectivity index (χ4v) is 1.80. The van der Waals surface area contributed by atoms with E-state index in [4.69, 9.17) is 5.11 Å². The average molecular weight is 197 g/mol. The van der Waals surface area contributed by atoms with Crippen LogP contribution in [-0.2, 0) is 9.59 Å². The first-order valence-corrected chi connectivity index (χ1v) is 4.77. The third-order valence-corrected chi connectivity index (χ3v) is 2.60. The van der Waals surface area contributed by atoms with Gasteiger partial charge in [0.05, 0.1) is 0 Å². The highest BCUT2D eigenvalue weighted by molar-refractivity contribution is 5.80. The lowest BCUT2D eigenvalue weighted by molar-refractivity contribution is -0.137. The second-order valence-electron chi connectivity index (χ2n) is 3.52. The molecule has 0 aromatic heterocycles. The van der Waals surface area contributed by atoms with Crippen molar-refractivity contribution in [2.24, 2.45) is 11.8 Å². The fourth-order valence-electron chi connectivity index (χ4n) is 1.80. The third-order valence-electron chi connectivity index (χ3n) is 2.60. The van der Waals surface area contributed by atoms with Crippen LogP contribution in [0.3, 0.4) is 0 Å². The molecular formula is C10H15NO3. The van der Waals surface area contributed by atoms with Crippen LogP contribution in [-0.4, -0.2) is 23.5 Å². The SMILES string of the molecule is C=C[C@H]1CCNC(=O)[C@H]1CCC(=O)O. The predicted octanol–water partition coefficient (Wildman–Crippen LogP) is 0.790. The minimum absolute atomic E-state index is 0.0394. The number of amides is 1. The van der Waals surface area contributed by atoms with Gasteiger partial charge in [0.1, 0.15) is 0 Å². The quantitative estimate of drug-likeness (QED) is 0.655. The van der Waals surface area contributed by atoms with Gasteiger partial charge in [0.15, 0.2) is 0 Å². The summed E-state index contributed by atoms with van der Waals surface area (Å²) in [4.78, 5) is 21.8. The molecule has 1 aliphatic rings. The molecule has 1 rings (SSSR count). The number of nitrogens with one attached hydrogen (secondary N) is 1. The van der Waals surface area contributed by atoms with Crippen molar-refractivity contribution in [2.45, 2.75) is 19.3 Å². The number of carbonyl (C=O) groups excluding carboxylic acids is 1. The zero-order chi connectivity index (χ0) is 10.6. The van der Waals surface area contributed by atoms with E-state index < -0.39 is 5.97 Å². The number of carboxylic acids is 1. The number of carboxylic acid groups (broad SMARTS) is 1. The monoisotopic (exact) mass is 197 g/mol. The van der Waals surface area contributed by atoms with Crippen molar-refractivity contribution in [3.05, 3.63) is 12.7 Å². The van der Waals surface area contributed by atoms with E-state index in [9.17, 15) is 9.59 Å². The van der Waals surface area contributed by atoms with E-state index >= 15 is 0 Å². The summed E-state index contributed by atoms with van der Waals surface area (Å²) >= 11 is 0. The molecule has 4 heteroatoms. The van der Waals surface area contributed by atoms with Crippen molar-refractivity contribution in [3.8, 4) is 0 Å². The summed E-state index contributed by atoms with van der Waals surface area (Å²) in [6, 6.07) is 0. The average Bonchev–Trinajstić information content (AvgIpc) is 2.15. The van der Waals surface area contributed by atoms with Gasteiger partial charge in [-0.05, 0) is 18.8 Å². The molecule has 0 spiro atoms. The molecular weight excluding hydrogens is 182 g/mol. The molecule has 0 saturated carbocycles. The Hall–Kier alpha value is -1.32. The van der Waals surface area contributed by atoms with Crippen LogP contribution in [0.15, 0.2) is 12.7 Å². The van der Waals surface area contributed by atoms with Gasteiger partial charge >= 0.3 is 5.97 Å². The lowest BCUT2D eigenvalue weighted by atomic mass is 9.83. The number of carbonyl (C=O) groups is 2. The summed E-state index contributed by atoms with van der Waals surface area (Å²) in [6.07, 6.45) is 3.06. The lowest BCUT2D eigenvalue weighted by Crippen LogP contribution is -2.41. The van der Waals surface area contributed by atoms with E-state index in [1.54, 1.807) is 6.08 Å². The maximum atomic E-state index is 11.4. The van der Waals surface area contributed by atoms with Gasteiger partial charge in [-0.2, -0.15) is 0 Å². The minimum Gasteiger partial charge on any atom is -0.481 e. The molecule has 14 heavy (non-hydrogen) atoms. The smallest absolute Gasteiger partial charge is 0.303 e. The number of allylic oxidation sites excluding steroid dienone is 1. The Morgan fingerprint density at radius 3 is 3.00 bits per heavy atom. The maximum Gasteiger partial charge on any atom is 0.303 e. The Morgan fingerprint density at radius 2 is 2.43 bits per heavy atom. The van der Waals surface area contributed by atoms with Gasteiger partial charge in [0.25, 0.3) is 0 Å². The first-order chi connectivity index (χ1) is 6.65. The summed E-state index contributed by atoms with van der Waals surface area (Å²) in [7, 11) is 0. The lowest BCUT2D eigenvalue weighted by Gasteiger charge is -2.28. The van der Waals surface area contributed by atoms with Gasteiger partial charge in [-0.15, -0.1) is 6.58 Å². The molecule has 0 unspecified atom stereocenters. The number of hydrogen-bond acceptors (Lipinski definition) is 2. The van der Waals surface area contributed by atoms with Gasteiger partial charge in [-0.25, -0.2) is 0 Å². The maximum absolute atomic E-state index is 11.4. The molecule has 0 aromatic rings. The molecule has 1 heterocycles. The molecule has 1 saturated heterocycles. The normalized spacial score (nSPS) is 26.7. The highest BCUT2D eigenvalue weighted by atomic mass is 16.4. The van der Waals surface area contributed by atoms with Gasteiger partial charge < -0.3 is 10.4 Å². The van der Waals surface area contributed by atoms with Crippen molar-refractivity contribution in [3.63, 3.8) is 0 Å². The minimum atomic E-state index is -0.855. The standard InChI is InChI=1S/C10H15NO3/c1-2-7-5-6-11-10(14)8(7)3-4-9(12)13/h2,7-8H,1,3-6H2,(H,11,14)(H,12,13)/t7-,8-/m0/s1. The van der Waals surface area contributed by atoms with E-state index in [-0.39, 0.29) is 24.2 Å². The van der Waals surface area contributed by atoms with E-state index in [0.717, 1.165) is 6.42 Å². The molecule has 0 aliphatic carbocycles. The van der Waals surface area contributed by atoms with Crippen molar-refractivity contribution >= 4 is 11.9 Å². The Bertz CT molecular complexity index is 250. The van der Waals surface area contributed by atoms with Crippen LogP contribution in [0.1, 0.15) is 19.3 Å². The van der Waals surface area contributed by atoms with Crippen molar-refractivity contribution in [1.29, 1.82) is 0 Å². The van der Waals surface area contributed by atoms with Gasteiger partial charge in [-0.1, -0.05) is 6.08 Å². The topological polar surface area (TPSA) is 66.4 Å². The molecule has 78 valence electrons. The second-order valence-corrected chi connectivity index (χ2v) is 3.52. The summed E-state index contributed by atoms with van der Waals surface area (Å²) in [5.74, 6) is -0.978. The number of aliphatic carboxylic acids is 1. The van der Waals surface area contributed by atoms with E-state index in [0.29, 0.717) is 13.0 Å². The molecule has 1 aliphatic heterocycles. The number of hydrogen-bond donors (Lipinski definition) is 2. The largest absolute Gasteiger partial charge is 0.481 e. The van der Waals surface area contributed by atoms with E-state index in [1.807, 2.05) is 0 Å². The van der Waals surface area contributed by atoms with Gasteiger partial charge in [0.2, 0.25) is 5.91 Å². The number of rotatable bonds is 4. The van der Waals surface area contributed by atoms with Crippen LogP contribution in [0.5, 0.6) is 0 Å². The Kier molecular flexibility index (Phi) is 3.68. The first kappa shape index (κ1) is 10.8. The molecule has 2 N–H and O–H groups in total. The summed E-state index contributed by atoms with van der Waals surface area (Å²) in [5.41, 5.74) is 0. The van der Waals surface area contributed by atoms with Crippen LogP contribution in [0.4, 0.5) is 0 Å². The number of piperidine rings is 1. The molecule has 1 fully saturated rings. The fraction of sp³-hybridized carbons (Fsp3) is 0.600. The molecule has 0 radical (unpaired) electrons. The van der Waals surface area contributed by atoms with Crippen LogP contribution < -0.4 is 5.32 Å². The molecule has 4 nitrogen and oxygen atoms in total. The first-order valence-electron chi connectivity index (χ1n) is 4.77. The molecule has 0 bridgehead atoms. The second kappa shape index (κ2) is 4.79. The summed E-state index contributed by atoms with van der Waals surface area (Å²) in [5, 5.41) is 11.3. The van der Waals surface area contributed by atoms with Crippen molar-refractivity contribution < 1.29 is 14.7 Å². The Labute approximate surface area is 83.0 Å². The molecule has 0 aromatic carbocycles. The van der Waals surface area contributed by atoms with Crippen LogP contribution in [0.2, 0.25) is 0 Å². The van der Waals surface area contributed by atoms with Gasteiger partial charge in [-0.3, -0.25) is 9.59 Å². The van der Waals surface area contributed by atoms with E-state index in [1.165, 1.54) is 0 Å². The van der Waals surface area contributed by atoms with Crippen LogP contribution in [0, 0.1) is 11.8 Å². The Morgan fingerprint density at radius 1 is 1.71 bits per heavy atom. The highest BCUT2D eigenvalue weighted by Crippen LogP contribution is 2.25. The summed E-state index contributed by atoms with van der Waals surface area (Å²) < 4.78 is 0.